The van der Waals surface area contributed by atoms with E-state index in [1.54, 1.807) is 6.92 Å². The Bertz CT molecular complexity index is 308. The molecule has 1 N–H and O–H groups in total. The SMILES string of the molecule is COC1(C)CCCN(C(CC(=O)O)C(F)(F)F)C1. The van der Waals surface area contributed by atoms with Gasteiger partial charge in [-0.2, -0.15) is 13.2 Å². The number of ether oxygens (including phenoxy) is 1. The fraction of sp³-hybridized carbons (Fsp3) is 0.909. The summed E-state index contributed by atoms with van der Waals surface area (Å²) >= 11 is 0. The summed E-state index contributed by atoms with van der Waals surface area (Å²) in [6, 6.07) is -1.94. The van der Waals surface area contributed by atoms with E-state index >= 15 is 0 Å². The Morgan fingerprint density at radius 1 is 1.56 bits per heavy atom. The molecular formula is C11H18F3NO3. The molecule has 106 valence electrons. The second kappa shape index (κ2) is 5.44. The number of alkyl halides is 3. The third-order valence-electron chi connectivity index (χ3n) is 3.37. The van der Waals surface area contributed by atoms with Crippen molar-refractivity contribution in [3.63, 3.8) is 0 Å². The first-order valence-corrected chi connectivity index (χ1v) is 5.76. The van der Waals surface area contributed by atoms with Crippen LogP contribution < -0.4 is 0 Å². The first-order chi connectivity index (χ1) is 8.18. The van der Waals surface area contributed by atoms with E-state index in [2.05, 4.69) is 0 Å². The third-order valence-corrected chi connectivity index (χ3v) is 3.37. The van der Waals surface area contributed by atoms with Crippen molar-refractivity contribution in [3.8, 4) is 0 Å². The molecule has 1 aliphatic rings. The molecule has 0 aromatic rings. The Labute approximate surface area is 104 Å². The average molecular weight is 269 g/mol. The summed E-state index contributed by atoms with van der Waals surface area (Å²) in [4.78, 5) is 11.7. The lowest BCUT2D eigenvalue weighted by atomic mass is 9.93. The summed E-state index contributed by atoms with van der Waals surface area (Å²) in [5.74, 6) is -1.44. The standard InChI is InChI=1S/C11H18F3NO3/c1-10(18-2)4-3-5-15(7-10)8(6-9(16)17)11(12,13)14/h8H,3-7H2,1-2H3,(H,16,17). The molecule has 1 fully saturated rings. The highest BCUT2D eigenvalue weighted by atomic mass is 19.4. The second-order valence-electron chi connectivity index (χ2n) is 4.88. The van der Waals surface area contributed by atoms with Gasteiger partial charge in [0.15, 0.2) is 0 Å². The van der Waals surface area contributed by atoms with Crippen LogP contribution >= 0.6 is 0 Å². The number of rotatable bonds is 4. The van der Waals surface area contributed by atoms with E-state index in [0.29, 0.717) is 12.8 Å². The van der Waals surface area contributed by atoms with Gasteiger partial charge in [0.25, 0.3) is 0 Å². The number of likely N-dealkylation sites (tertiary alicyclic amines) is 1. The predicted molar refractivity (Wildman–Crippen MR) is 58.3 cm³/mol. The van der Waals surface area contributed by atoms with Crippen molar-refractivity contribution in [1.82, 2.24) is 4.90 Å². The van der Waals surface area contributed by atoms with Crippen LogP contribution in [0.4, 0.5) is 13.2 Å². The topological polar surface area (TPSA) is 49.8 Å². The third kappa shape index (κ3) is 3.84. The van der Waals surface area contributed by atoms with Crippen molar-refractivity contribution in [3.05, 3.63) is 0 Å². The van der Waals surface area contributed by atoms with Gasteiger partial charge in [0.05, 0.1) is 12.0 Å². The fourth-order valence-corrected chi connectivity index (χ4v) is 2.29. The molecule has 0 aliphatic carbocycles. The van der Waals surface area contributed by atoms with Gasteiger partial charge in [0.2, 0.25) is 0 Å². The zero-order valence-electron chi connectivity index (χ0n) is 10.5. The van der Waals surface area contributed by atoms with Gasteiger partial charge in [-0.05, 0) is 26.3 Å². The maximum absolute atomic E-state index is 12.9. The van der Waals surface area contributed by atoms with E-state index < -0.39 is 30.2 Å². The number of methoxy groups -OCH3 is 1. The number of aliphatic carboxylic acids is 1. The van der Waals surface area contributed by atoms with Crippen LogP contribution in [-0.2, 0) is 9.53 Å². The highest BCUT2D eigenvalue weighted by molar-refractivity contribution is 5.67. The summed E-state index contributed by atoms with van der Waals surface area (Å²) in [5.41, 5.74) is -0.639. The Kier molecular flexibility index (Phi) is 4.61. The van der Waals surface area contributed by atoms with Gasteiger partial charge in [0, 0.05) is 13.7 Å². The van der Waals surface area contributed by atoms with Crippen molar-refractivity contribution in [2.45, 2.75) is 44.0 Å². The van der Waals surface area contributed by atoms with Crippen molar-refractivity contribution in [2.24, 2.45) is 0 Å². The largest absolute Gasteiger partial charge is 0.481 e. The smallest absolute Gasteiger partial charge is 0.404 e. The van der Waals surface area contributed by atoms with E-state index in [0.717, 1.165) is 0 Å². The molecule has 0 amide bonds. The molecule has 0 saturated carbocycles. The molecule has 0 bridgehead atoms. The van der Waals surface area contributed by atoms with Crippen molar-refractivity contribution in [1.29, 1.82) is 0 Å². The minimum absolute atomic E-state index is 0.0982. The van der Waals surface area contributed by atoms with Crippen LogP contribution in [0.25, 0.3) is 0 Å². The monoisotopic (exact) mass is 269 g/mol. The molecule has 18 heavy (non-hydrogen) atoms. The molecule has 7 heteroatoms. The Morgan fingerprint density at radius 3 is 2.61 bits per heavy atom. The van der Waals surface area contributed by atoms with Gasteiger partial charge in [-0.25, -0.2) is 0 Å². The lowest BCUT2D eigenvalue weighted by Crippen LogP contribution is -2.56. The maximum Gasteiger partial charge on any atom is 0.404 e. The molecule has 0 aromatic heterocycles. The number of hydrogen-bond acceptors (Lipinski definition) is 3. The van der Waals surface area contributed by atoms with Gasteiger partial charge in [-0.3, -0.25) is 9.69 Å². The molecule has 0 aromatic carbocycles. The number of piperidine rings is 1. The number of hydrogen-bond donors (Lipinski definition) is 1. The number of carboxylic acids is 1. The Morgan fingerprint density at radius 2 is 2.17 bits per heavy atom. The van der Waals surface area contributed by atoms with Gasteiger partial charge < -0.3 is 9.84 Å². The van der Waals surface area contributed by atoms with E-state index in [9.17, 15) is 18.0 Å². The van der Waals surface area contributed by atoms with Gasteiger partial charge in [-0.1, -0.05) is 0 Å². The van der Waals surface area contributed by atoms with Crippen LogP contribution in [0, 0.1) is 0 Å². The average Bonchev–Trinajstić information content (AvgIpc) is 2.24. The minimum atomic E-state index is -4.54. The molecule has 0 spiro atoms. The summed E-state index contributed by atoms with van der Waals surface area (Å²) in [6.07, 6.45) is -4.22. The predicted octanol–water partition coefficient (Wildman–Crippen LogP) is 1.89. The molecule has 4 nitrogen and oxygen atoms in total. The van der Waals surface area contributed by atoms with E-state index in [1.807, 2.05) is 0 Å². The van der Waals surface area contributed by atoms with Gasteiger partial charge >= 0.3 is 12.1 Å². The van der Waals surface area contributed by atoms with Gasteiger partial charge in [-0.15, -0.1) is 0 Å². The van der Waals surface area contributed by atoms with Crippen molar-refractivity contribution >= 4 is 5.97 Å². The van der Waals surface area contributed by atoms with Crippen LogP contribution in [0.2, 0.25) is 0 Å². The second-order valence-corrected chi connectivity index (χ2v) is 4.88. The van der Waals surface area contributed by atoms with E-state index in [-0.39, 0.29) is 13.1 Å². The van der Waals surface area contributed by atoms with Gasteiger partial charge in [0.1, 0.15) is 6.04 Å². The molecule has 1 aliphatic heterocycles. The maximum atomic E-state index is 12.9. The summed E-state index contributed by atoms with van der Waals surface area (Å²) in [5, 5.41) is 8.61. The number of halogens is 3. The number of carbonyl (C=O) groups is 1. The van der Waals surface area contributed by atoms with Crippen LogP contribution in [0.5, 0.6) is 0 Å². The molecular weight excluding hydrogens is 251 g/mol. The molecule has 1 heterocycles. The highest BCUT2D eigenvalue weighted by Gasteiger charge is 2.47. The molecule has 0 radical (unpaired) electrons. The number of carboxylic acid groups (broad SMARTS) is 1. The van der Waals surface area contributed by atoms with E-state index in [1.165, 1.54) is 12.0 Å². The molecule has 2 unspecified atom stereocenters. The van der Waals surface area contributed by atoms with E-state index in [4.69, 9.17) is 9.84 Å². The Balaban J connectivity index is 2.82. The zero-order chi connectivity index (χ0) is 14.0. The fourth-order valence-electron chi connectivity index (χ4n) is 2.29. The number of nitrogens with zero attached hydrogens (tertiary/aromatic N) is 1. The highest BCUT2D eigenvalue weighted by Crippen LogP contribution is 2.32. The Hall–Kier alpha value is -0.820. The normalized spacial score (nSPS) is 28.1. The quantitative estimate of drug-likeness (QED) is 0.846. The zero-order valence-corrected chi connectivity index (χ0v) is 10.5. The molecule has 2 atom stereocenters. The first kappa shape index (κ1) is 15.2. The lowest BCUT2D eigenvalue weighted by Gasteiger charge is -2.43. The van der Waals surface area contributed by atoms with Crippen LogP contribution in [0.3, 0.4) is 0 Å². The first-order valence-electron chi connectivity index (χ1n) is 5.76. The summed E-state index contributed by atoms with van der Waals surface area (Å²) < 4.78 is 43.8. The molecule has 1 rings (SSSR count). The van der Waals surface area contributed by atoms with Crippen LogP contribution in [0.15, 0.2) is 0 Å². The van der Waals surface area contributed by atoms with Crippen LogP contribution in [0.1, 0.15) is 26.2 Å². The van der Waals surface area contributed by atoms with Crippen molar-refractivity contribution in [2.75, 3.05) is 20.2 Å². The van der Waals surface area contributed by atoms with Crippen molar-refractivity contribution < 1.29 is 27.8 Å². The summed E-state index contributed by atoms with van der Waals surface area (Å²) in [7, 11) is 1.46. The molecule has 1 saturated heterocycles. The van der Waals surface area contributed by atoms with Crippen LogP contribution in [-0.4, -0.2) is 54.0 Å². The lowest BCUT2D eigenvalue weighted by molar-refractivity contribution is -0.202. The minimum Gasteiger partial charge on any atom is -0.481 e. The summed E-state index contributed by atoms with van der Waals surface area (Å²) in [6.45, 7) is 2.09.